The molecule has 6 heteroatoms. The van der Waals surface area contributed by atoms with Crippen LogP contribution in [-0.4, -0.2) is 21.6 Å². The Balaban J connectivity index is 2.03. The van der Waals surface area contributed by atoms with Crippen molar-refractivity contribution in [2.75, 3.05) is 6.61 Å². The van der Waals surface area contributed by atoms with Crippen molar-refractivity contribution in [1.29, 1.82) is 0 Å². The molecule has 2 N–H and O–H groups in total. The summed E-state index contributed by atoms with van der Waals surface area (Å²) < 4.78 is 16.8. The quantitative estimate of drug-likeness (QED) is 0.717. The summed E-state index contributed by atoms with van der Waals surface area (Å²) in [7, 11) is -4.09. The predicted molar refractivity (Wildman–Crippen MR) is 89.9 cm³/mol. The van der Waals surface area contributed by atoms with Gasteiger partial charge in [0.15, 0.2) is 5.44 Å². The third-order valence-electron chi connectivity index (χ3n) is 3.50. The molecule has 1 heterocycles. The van der Waals surface area contributed by atoms with E-state index in [2.05, 4.69) is 4.98 Å². The van der Waals surface area contributed by atoms with E-state index in [0.29, 0.717) is 5.56 Å². The molecule has 3 rings (SSSR count). The van der Waals surface area contributed by atoms with E-state index in [4.69, 9.17) is 4.52 Å². The summed E-state index contributed by atoms with van der Waals surface area (Å²) >= 11 is 0. The number of rotatable bonds is 4. The van der Waals surface area contributed by atoms with Gasteiger partial charge < -0.3 is 14.5 Å². The molecule has 1 atom stereocenters. The number of benzene rings is 2. The Morgan fingerprint density at radius 1 is 1.09 bits per heavy atom. The van der Waals surface area contributed by atoms with Crippen molar-refractivity contribution in [2.45, 2.75) is 6.92 Å². The highest BCUT2D eigenvalue weighted by atomic mass is 31.2. The van der Waals surface area contributed by atoms with Crippen molar-refractivity contribution in [3.63, 3.8) is 0 Å². The second kappa shape index (κ2) is 6.13. The first-order valence-electron chi connectivity index (χ1n) is 7.17. The number of aromatic nitrogens is 1. The molecule has 0 saturated carbocycles. The van der Waals surface area contributed by atoms with Gasteiger partial charge in [-0.15, -0.1) is 0 Å². The lowest BCUT2D eigenvalue weighted by molar-refractivity contribution is 0.282. The zero-order valence-electron chi connectivity index (χ0n) is 12.5. The molecule has 0 spiro atoms. The van der Waals surface area contributed by atoms with Crippen molar-refractivity contribution < 1.29 is 19.1 Å². The average Bonchev–Trinajstić information content (AvgIpc) is 2.54. The number of pyridine rings is 1. The Bertz CT molecular complexity index is 910. The Morgan fingerprint density at radius 2 is 1.83 bits per heavy atom. The minimum Gasteiger partial charge on any atom is -0.505 e. The molecule has 0 saturated heterocycles. The van der Waals surface area contributed by atoms with Gasteiger partial charge in [0.2, 0.25) is 0 Å². The van der Waals surface area contributed by atoms with Gasteiger partial charge in [-0.05, 0) is 35.4 Å². The number of aromatic hydroxyl groups is 1. The van der Waals surface area contributed by atoms with E-state index in [1.54, 1.807) is 6.92 Å². The summed E-state index contributed by atoms with van der Waals surface area (Å²) in [5, 5.41) is 12.2. The summed E-state index contributed by atoms with van der Waals surface area (Å²) in [6.45, 7) is 1.66. The van der Waals surface area contributed by atoms with Gasteiger partial charge >= 0.3 is 7.60 Å². The van der Waals surface area contributed by atoms with E-state index >= 15 is 0 Å². The third-order valence-corrected chi connectivity index (χ3v) is 4.99. The van der Waals surface area contributed by atoms with Crippen LogP contribution < -0.4 is 5.44 Å². The summed E-state index contributed by atoms with van der Waals surface area (Å²) in [5.41, 5.74) is 1.19. The molecule has 0 fully saturated rings. The van der Waals surface area contributed by atoms with Crippen molar-refractivity contribution in [3.8, 4) is 16.9 Å². The first-order valence-corrected chi connectivity index (χ1v) is 8.75. The average molecular weight is 329 g/mol. The van der Waals surface area contributed by atoms with Crippen LogP contribution in [0, 0.1) is 0 Å². The van der Waals surface area contributed by atoms with E-state index in [1.165, 1.54) is 12.3 Å². The van der Waals surface area contributed by atoms with Crippen LogP contribution in [0.2, 0.25) is 0 Å². The van der Waals surface area contributed by atoms with Gasteiger partial charge in [-0.1, -0.05) is 36.4 Å². The molecular formula is C17H16NO4P. The van der Waals surface area contributed by atoms with Crippen LogP contribution in [0.15, 0.2) is 54.7 Å². The highest BCUT2D eigenvalue weighted by molar-refractivity contribution is 7.61. The molecule has 0 aliphatic heterocycles. The van der Waals surface area contributed by atoms with Crippen LogP contribution in [0.1, 0.15) is 6.92 Å². The van der Waals surface area contributed by atoms with Crippen LogP contribution >= 0.6 is 7.60 Å². The van der Waals surface area contributed by atoms with Crippen LogP contribution in [0.3, 0.4) is 0 Å². The Hall–Kier alpha value is -2.20. The zero-order valence-corrected chi connectivity index (χ0v) is 13.4. The van der Waals surface area contributed by atoms with Gasteiger partial charge in [0, 0.05) is 11.8 Å². The largest absolute Gasteiger partial charge is 0.505 e. The standard InChI is InChI=1S/C17H16NO4P/c1-2-22-23(20,21)17-16(19)10-15(11-18-17)14-8-7-12-5-3-4-6-13(12)9-14/h3-11,19H,2H2,1H3,(H,20,21). The SMILES string of the molecule is CCOP(=O)(O)c1ncc(-c2ccc3ccccc3c2)cc1O. The molecule has 23 heavy (non-hydrogen) atoms. The van der Waals surface area contributed by atoms with Crippen molar-refractivity contribution >= 4 is 23.8 Å². The van der Waals surface area contributed by atoms with Gasteiger partial charge in [-0.3, -0.25) is 4.57 Å². The molecule has 1 aromatic heterocycles. The summed E-state index contributed by atoms with van der Waals surface area (Å²) in [6.07, 6.45) is 1.46. The van der Waals surface area contributed by atoms with E-state index in [1.807, 2.05) is 42.5 Å². The maximum absolute atomic E-state index is 12.0. The number of fused-ring (bicyclic) bond motifs is 1. The van der Waals surface area contributed by atoms with E-state index < -0.39 is 7.60 Å². The van der Waals surface area contributed by atoms with Crippen molar-refractivity contribution in [2.24, 2.45) is 0 Å². The minimum atomic E-state index is -4.09. The maximum atomic E-state index is 12.0. The van der Waals surface area contributed by atoms with Crippen LogP contribution in [0.4, 0.5) is 0 Å². The van der Waals surface area contributed by atoms with Gasteiger partial charge in [-0.2, -0.15) is 0 Å². The molecular weight excluding hydrogens is 313 g/mol. The molecule has 2 aromatic carbocycles. The normalized spacial score (nSPS) is 13.8. The van der Waals surface area contributed by atoms with E-state index in [0.717, 1.165) is 16.3 Å². The highest BCUT2D eigenvalue weighted by Gasteiger charge is 2.28. The smallest absolute Gasteiger partial charge is 0.380 e. The maximum Gasteiger partial charge on any atom is 0.380 e. The Labute approximate surface area is 133 Å². The molecule has 3 aromatic rings. The Morgan fingerprint density at radius 3 is 2.52 bits per heavy atom. The number of hydrogen-bond acceptors (Lipinski definition) is 4. The first kappa shape index (κ1) is 15.7. The van der Waals surface area contributed by atoms with Crippen LogP contribution in [-0.2, 0) is 9.09 Å². The van der Waals surface area contributed by atoms with E-state index in [-0.39, 0.29) is 17.8 Å². The van der Waals surface area contributed by atoms with E-state index in [9.17, 15) is 14.6 Å². The van der Waals surface area contributed by atoms with Crippen molar-refractivity contribution in [3.05, 3.63) is 54.7 Å². The Kier molecular flexibility index (Phi) is 4.18. The molecule has 0 radical (unpaired) electrons. The topological polar surface area (TPSA) is 79.7 Å². The lowest BCUT2D eigenvalue weighted by Gasteiger charge is -2.12. The van der Waals surface area contributed by atoms with Gasteiger partial charge in [-0.25, -0.2) is 4.98 Å². The molecule has 0 aliphatic carbocycles. The minimum absolute atomic E-state index is 0.0569. The zero-order chi connectivity index (χ0) is 16.4. The fourth-order valence-corrected chi connectivity index (χ4v) is 3.46. The molecule has 1 unspecified atom stereocenters. The van der Waals surface area contributed by atoms with Crippen molar-refractivity contribution in [1.82, 2.24) is 4.98 Å². The van der Waals surface area contributed by atoms with Crippen LogP contribution in [0.25, 0.3) is 21.9 Å². The fourth-order valence-electron chi connectivity index (χ4n) is 2.43. The first-order chi connectivity index (χ1) is 11.0. The predicted octanol–water partition coefficient (Wildman–Crippen LogP) is 3.45. The fraction of sp³-hybridized carbons (Fsp3) is 0.118. The second-order valence-corrected chi connectivity index (χ2v) is 6.79. The lowest BCUT2D eigenvalue weighted by Crippen LogP contribution is -2.12. The van der Waals surface area contributed by atoms with Gasteiger partial charge in [0.1, 0.15) is 5.75 Å². The summed E-state index contributed by atoms with van der Waals surface area (Å²) in [5.74, 6) is -0.352. The highest BCUT2D eigenvalue weighted by Crippen LogP contribution is 2.43. The third kappa shape index (κ3) is 3.13. The van der Waals surface area contributed by atoms with Gasteiger partial charge in [0.05, 0.1) is 6.61 Å². The lowest BCUT2D eigenvalue weighted by atomic mass is 10.0. The van der Waals surface area contributed by atoms with Gasteiger partial charge in [0.25, 0.3) is 0 Å². The number of hydrogen-bond donors (Lipinski definition) is 2. The molecule has 5 nitrogen and oxygen atoms in total. The molecule has 0 aliphatic rings. The number of nitrogens with zero attached hydrogens (tertiary/aromatic N) is 1. The molecule has 118 valence electrons. The molecule has 0 amide bonds. The monoisotopic (exact) mass is 329 g/mol. The van der Waals surface area contributed by atoms with Crippen LogP contribution in [0.5, 0.6) is 5.75 Å². The second-order valence-electron chi connectivity index (χ2n) is 5.07. The summed E-state index contributed by atoms with van der Waals surface area (Å²) in [4.78, 5) is 13.7. The molecule has 0 bridgehead atoms. The summed E-state index contributed by atoms with van der Waals surface area (Å²) in [6, 6.07) is 15.2.